The van der Waals surface area contributed by atoms with Crippen LogP contribution in [0.2, 0.25) is 5.02 Å². The van der Waals surface area contributed by atoms with Gasteiger partial charge in [-0.1, -0.05) is 35.9 Å². The lowest BCUT2D eigenvalue weighted by atomic mass is 10.1. The number of guanidine groups is 1. The van der Waals surface area contributed by atoms with Crippen LogP contribution >= 0.6 is 11.6 Å². The summed E-state index contributed by atoms with van der Waals surface area (Å²) in [5, 5.41) is 4.37. The first-order chi connectivity index (χ1) is 14.6. The molecule has 3 heterocycles. The Morgan fingerprint density at radius 2 is 1.93 bits per heavy atom. The van der Waals surface area contributed by atoms with Crippen LogP contribution in [-0.2, 0) is 0 Å². The Balaban J connectivity index is 1.52. The summed E-state index contributed by atoms with van der Waals surface area (Å²) in [6.45, 7) is 3.55. The van der Waals surface area contributed by atoms with E-state index in [2.05, 4.69) is 69.0 Å². The van der Waals surface area contributed by atoms with Crippen LogP contribution in [-0.4, -0.2) is 65.8 Å². The first-order valence-electron chi connectivity index (χ1n) is 10.3. The van der Waals surface area contributed by atoms with Gasteiger partial charge in [-0.15, -0.1) is 0 Å². The Morgan fingerprint density at radius 3 is 2.73 bits per heavy atom. The highest BCUT2D eigenvalue weighted by molar-refractivity contribution is 6.30. The van der Waals surface area contributed by atoms with Crippen molar-refractivity contribution < 1.29 is 0 Å². The molecule has 0 saturated carbocycles. The summed E-state index contributed by atoms with van der Waals surface area (Å²) in [5.74, 6) is 1.80. The van der Waals surface area contributed by atoms with Gasteiger partial charge in [0.2, 0.25) is 11.9 Å². The van der Waals surface area contributed by atoms with Crippen LogP contribution in [0.5, 0.6) is 0 Å². The molecule has 0 amide bonds. The van der Waals surface area contributed by atoms with Gasteiger partial charge in [0.25, 0.3) is 0 Å². The summed E-state index contributed by atoms with van der Waals surface area (Å²) < 4.78 is 2.26. The standard InChI is InChI=1S/C22H26ClN7/c1-27(2)12-5-13-28-14-24-21-26-20(16-8-10-17(23)11-9-16)30-19-7-4-3-6-18(19)25-22(30)29(21)15-28/h3-4,6-11,20H,5,12-15H2,1-2H3,(H,24,26)/t20-/m0/s1. The number of imidazole rings is 1. The summed E-state index contributed by atoms with van der Waals surface area (Å²) >= 11 is 6.13. The third kappa shape index (κ3) is 3.53. The Kier molecular flexibility index (Phi) is 5.10. The first kappa shape index (κ1) is 19.4. The molecule has 5 rings (SSSR count). The number of aromatic nitrogens is 2. The number of aliphatic imine (C=N–C) groups is 1. The van der Waals surface area contributed by atoms with E-state index in [1.54, 1.807) is 0 Å². The minimum Gasteiger partial charge on any atom is -0.331 e. The van der Waals surface area contributed by atoms with Crippen molar-refractivity contribution in [3.05, 3.63) is 59.1 Å². The number of hydrogen-bond donors (Lipinski definition) is 1. The van der Waals surface area contributed by atoms with E-state index in [9.17, 15) is 0 Å². The zero-order chi connectivity index (χ0) is 20.7. The molecule has 0 radical (unpaired) electrons. The van der Waals surface area contributed by atoms with Gasteiger partial charge in [0, 0.05) is 11.6 Å². The highest BCUT2D eigenvalue weighted by Gasteiger charge is 2.35. The highest BCUT2D eigenvalue weighted by Crippen LogP contribution is 2.34. The molecule has 2 aromatic carbocycles. The lowest BCUT2D eigenvalue weighted by Crippen LogP contribution is -2.57. The Hall–Kier alpha value is -2.61. The lowest BCUT2D eigenvalue weighted by Gasteiger charge is -2.41. The van der Waals surface area contributed by atoms with Crippen LogP contribution in [0.15, 0.2) is 53.5 Å². The van der Waals surface area contributed by atoms with E-state index in [1.807, 2.05) is 18.2 Å². The number of para-hydroxylation sites is 2. The molecule has 2 aliphatic heterocycles. The van der Waals surface area contributed by atoms with Gasteiger partial charge < -0.3 is 10.2 Å². The molecule has 1 aromatic heterocycles. The predicted molar refractivity (Wildman–Crippen MR) is 122 cm³/mol. The lowest BCUT2D eigenvalue weighted by molar-refractivity contribution is 0.254. The molecule has 0 bridgehead atoms. The van der Waals surface area contributed by atoms with Gasteiger partial charge in [-0.05, 0) is 56.9 Å². The maximum Gasteiger partial charge on any atom is 0.216 e. The molecule has 30 heavy (non-hydrogen) atoms. The minimum absolute atomic E-state index is 0.0834. The van der Waals surface area contributed by atoms with Crippen molar-refractivity contribution in [1.29, 1.82) is 0 Å². The maximum atomic E-state index is 6.13. The SMILES string of the molecule is CN(C)CCCN1CN=C2N[C@H](c3ccc(Cl)cc3)n3c(nc4ccccc43)N2C1. The van der Waals surface area contributed by atoms with E-state index < -0.39 is 0 Å². The Bertz CT molecular complexity index is 1070. The molecule has 0 fully saturated rings. The van der Waals surface area contributed by atoms with E-state index in [4.69, 9.17) is 21.6 Å². The second kappa shape index (κ2) is 7.91. The van der Waals surface area contributed by atoms with Crippen molar-refractivity contribution in [2.75, 3.05) is 45.4 Å². The Morgan fingerprint density at radius 1 is 1.13 bits per heavy atom. The fraction of sp³-hybridized carbons (Fsp3) is 0.364. The van der Waals surface area contributed by atoms with Crippen LogP contribution < -0.4 is 10.2 Å². The van der Waals surface area contributed by atoms with E-state index in [0.29, 0.717) is 6.67 Å². The van der Waals surface area contributed by atoms with Crippen LogP contribution in [0.3, 0.4) is 0 Å². The second-order valence-corrected chi connectivity index (χ2v) is 8.55. The Labute approximate surface area is 181 Å². The summed E-state index contributed by atoms with van der Waals surface area (Å²) in [6.07, 6.45) is 1.03. The number of benzene rings is 2. The van der Waals surface area contributed by atoms with Gasteiger partial charge in [-0.25, -0.2) is 9.98 Å². The van der Waals surface area contributed by atoms with Crippen molar-refractivity contribution in [2.45, 2.75) is 12.6 Å². The largest absolute Gasteiger partial charge is 0.331 e. The molecule has 7 nitrogen and oxygen atoms in total. The molecule has 156 valence electrons. The normalized spacial score (nSPS) is 18.9. The summed E-state index contributed by atoms with van der Waals surface area (Å²) in [5.41, 5.74) is 3.21. The molecule has 0 saturated heterocycles. The van der Waals surface area contributed by atoms with Crippen molar-refractivity contribution in [2.24, 2.45) is 4.99 Å². The van der Waals surface area contributed by atoms with Crippen LogP contribution in [0, 0.1) is 0 Å². The molecule has 0 aliphatic carbocycles. The number of anilines is 1. The van der Waals surface area contributed by atoms with E-state index in [-0.39, 0.29) is 6.17 Å². The van der Waals surface area contributed by atoms with E-state index in [1.165, 1.54) is 0 Å². The predicted octanol–water partition coefficient (Wildman–Crippen LogP) is 3.18. The molecule has 1 atom stereocenters. The third-order valence-electron chi connectivity index (χ3n) is 5.63. The van der Waals surface area contributed by atoms with Crippen LogP contribution in [0.4, 0.5) is 5.95 Å². The van der Waals surface area contributed by atoms with Crippen LogP contribution in [0.1, 0.15) is 18.2 Å². The molecule has 0 spiro atoms. The van der Waals surface area contributed by atoms with Crippen molar-refractivity contribution in [3.63, 3.8) is 0 Å². The summed E-state index contributed by atoms with van der Waals surface area (Å²) in [4.78, 5) is 16.6. The summed E-state index contributed by atoms with van der Waals surface area (Å²) in [7, 11) is 4.22. The number of rotatable bonds is 5. The fourth-order valence-corrected chi connectivity index (χ4v) is 4.26. The zero-order valence-electron chi connectivity index (χ0n) is 17.3. The van der Waals surface area contributed by atoms with Gasteiger partial charge in [0.05, 0.1) is 24.4 Å². The average Bonchev–Trinajstić information content (AvgIpc) is 3.14. The van der Waals surface area contributed by atoms with Gasteiger partial charge in [-0.3, -0.25) is 14.4 Å². The van der Waals surface area contributed by atoms with Gasteiger partial charge in [0.1, 0.15) is 6.17 Å². The van der Waals surface area contributed by atoms with Crippen molar-refractivity contribution >= 4 is 34.5 Å². The minimum atomic E-state index is -0.0834. The highest BCUT2D eigenvalue weighted by atomic mass is 35.5. The second-order valence-electron chi connectivity index (χ2n) is 8.11. The van der Waals surface area contributed by atoms with Gasteiger partial charge in [0.15, 0.2) is 0 Å². The quantitative estimate of drug-likeness (QED) is 0.683. The fourth-order valence-electron chi connectivity index (χ4n) is 4.14. The first-order valence-corrected chi connectivity index (χ1v) is 10.7. The molecular weight excluding hydrogens is 398 g/mol. The summed E-state index contributed by atoms with van der Waals surface area (Å²) in [6, 6.07) is 16.3. The van der Waals surface area contributed by atoms with Gasteiger partial charge in [-0.2, -0.15) is 0 Å². The smallest absolute Gasteiger partial charge is 0.216 e. The molecular formula is C22H26ClN7. The number of halogens is 1. The number of nitrogens with zero attached hydrogens (tertiary/aromatic N) is 6. The van der Waals surface area contributed by atoms with Gasteiger partial charge >= 0.3 is 0 Å². The monoisotopic (exact) mass is 423 g/mol. The molecule has 2 aliphatic rings. The van der Waals surface area contributed by atoms with E-state index >= 15 is 0 Å². The van der Waals surface area contributed by atoms with Crippen molar-refractivity contribution in [3.8, 4) is 0 Å². The zero-order valence-corrected chi connectivity index (χ0v) is 18.0. The average molecular weight is 424 g/mol. The third-order valence-corrected chi connectivity index (χ3v) is 5.88. The molecule has 8 heteroatoms. The van der Waals surface area contributed by atoms with E-state index in [0.717, 1.165) is 59.7 Å². The number of fused-ring (bicyclic) bond motifs is 5. The molecule has 0 unspecified atom stereocenters. The molecule has 3 aromatic rings. The van der Waals surface area contributed by atoms with Crippen LogP contribution in [0.25, 0.3) is 11.0 Å². The molecule has 1 N–H and O–H groups in total. The van der Waals surface area contributed by atoms with Crippen molar-refractivity contribution in [1.82, 2.24) is 24.7 Å². The topological polar surface area (TPSA) is 51.9 Å². The number of hydrogen-bond acceptors (Lipinski definition) is 6. The maximum absolute atomic E-state index is 6.13. The number of nitrogens with one attached hydrogen (secondary N) is 1.